The smallest absolute Gasteiger partial charge is 0.223 e. The molecule has 96 valence electrons. The fourth-order valence-corrected chi connectivity index (χ4v) is 4.81. The highest BCUT2D eigenvalue weighted by molar-refractivity contribution is 5.79. The summed E-state index contributed by atoms with van der Waals surface area (Å²) in [7, 11) is 0. The topological polar surface area (TPSA) is 29.1 Å². The van der Waals surface area contributed by atoms with Crippen LogP contribution in [-0.4, -0.2) is 11.9 Å². The minimum atomic E-state index is 0.292. The van der Waals surface area contributed by atoms with Crippen LogP contribution in [0.4, 0.5) is 0 Å². The van der Waals surface area contributed by atoms with Crippen LogP contribution in [0.2, 0.25) is 0 Å². The molecule has 17 heavy (non-hydrogen) atoms. The van der Waals surface area contributed by atoms with Gasteiger partial charge in [-0.25, -0.2) is 0 Å². The predicted molar refractivity (Wildman–Crippen MR) is 68.4 cm³/mol. The van der Waals surface area contributed by atoms with Crippen molar-refractivity contribution in [1.29, 1.82) is 0 Å². The van der Waals surface area contributed by atoms with Crippen LogP contribution in [0.3, 0.4) is 0 Å². The van der Waals surface area contributed by atoms with Gasteiger partial charge in [-0.15, -0.1) is 0 Å². The second kappa shape index (κ2) is 4.29. The van der Waals surface area contributed by atoms with Crippen molar-refractivity contribution in [3.63, 3.8) is 0 Å². The van der Waals surface area contributed by atoms with E-state index in [0.29, 0.717) is 23.8 Å². The van der Waals surface area contributed by atoms with Gasteiger partial charge in [0, 0.05) is 12.0 Å². The summed E-state index contributed by atoms with van der Waals surface area (Å²) in [4.78, 5) is 12.3. The fourth-order valence-electron chi connectivity index (χ4n) is 4.81. The Morgan fingerprint density at radius 1 is 1.06 bits per heavy atom. The van der Waals surface area contributed by atoms with Gasteiger partial charge in [0.1, 0.15) is 0 Å². The highest BCUT2D eigenvalue weighted by Crippen LogP contribution is 2.54. The Balaban J connectivity index is 1.75. The van der Waals surface area contributed by atoms with E-state index < -0.39 is 0 Å². The number of rotatable bonds is 2. The van der Waals surface area contributed by atoms with Crippen molar-refractivity contribution in [3.8, 4) is 0 Å². The monoisotopic (exact) mass is 235 g/mol. The van der Waals surface area contributed by atoms with Gasteiger partial charge in [-0.1, -0.05) is 6.42 Å². The van der Waals surface area contributed by atoms with Crippen LogP contribution in [-0.2, 0) is 4.79 Å². The largest absolute Gasteiger partial charge is 0.354 e. The van der Waals surface area contributed by atoms with Crippen LogP contribution in [0.1, 0.15) is 52.4 Å². The van der Waals surface area contributed by atoms with E-state index in [1.807, 2.05) is 0 Å². The fraction of sp³-hybridized carbons (Fsp3) is 0.933. The number of fused-ring (bicyclic) bond motifs is 2. The van der Waals surface area contributed by atoms with E-state index in [1.54, 1.807) is 0 Å². The zero-order chi connectivity index (χ0) is 12.0. The summed E-state index contributed by atoms with van der Waals surface area (Å²) in [5, 5.41) is 3.14. The molecule has 2 heteroatoms. The lowest BCUT2D eigenvalue weighted by Gasteiger charge is -2.51. The molecule has 3 bridgehead atoms. The Kier molecular flexibility index (Phi) is 2.92. The van der Waals surface area contributed by atoms with Crippen molar-refractivity contribution >= 4 is 5.91 Å². The second-order valence-corrected chi connectivity index (χ2v) is 6.95. The predicted octanol–water partition coefficient (Wildman–Crippen LogP) is 2.97. The van der Waals surface area contributed by atoms with Crippen molar-refractivity contribution in [3.05, 3.63) is 0 Å². The van der Waals surface area contributed by atoms with Gasteiger partial charge >= 0.3 is 0 Å². The third-order valence-corrected chi connectivity index (χ3v) is 5.32. The lowest BCUT2D eigenvalue weighted by molar-refractivity contribution is -0.134. The number of nitrogens with one attached hydrogen (secondary N) is 1. The Morgan fingerprint density at radius 2 is 1.82 bits per heavy atom. The quantitative estimate of drug-likeness (QED) is 0.783. The highest BCUT2D eigenvalue weighted by atomic mass is 16.1. The molecule has 1 N–H and O–H groups in total. The van der Waals surface area contributed by atoms with E-state index >= 15 is 0 Å². The third kappa shape index (κ3) is 2.11. The van der Waals surface area contributed by atoms with E-state index in [9.17, 15) is 4.79 Å². The first-order valence-electron chi connectivity index (χ1n) is 7.44. The van der Waals surface area contributed by atoms with E-state index in [0.717, 1.165) is 17.8 Å². The molecular weight excluding hydrogens is 210 g/mol. The number of hydrogen-bond donors (Lipinski definition) is 1. The van der Waals surface area contributed by atoms with Crippen LogP contribution in [0.25, 0.3) is 0 Å². The third-order valence-electron chi connectivity index (χ3n) is 5.32. The summed E-state index contributed by atoms with van der Waals surface area (Å²) in [5.41, 5.74) is 0. The SMILES string of the molecule is CC(C)NC(=O)C1CC2CC3CCC1C(C3)C2. The van der Waals surface area contributed by atoms with Crippen LogP contribution in [0.15, 0.2) is 0 Å². The van der Waals surface area contributed by atoms with Gasteiger partial charge in [-0.2, -0.15) is 0 Å². The van der Waals surface area contributed by atoms with E-state index in [-0.39, 0.29) is 0 Å². The van der Waals surface area contributed by atoms with Gasteiger partial charge in [0.25, 0.3) is 0 Å². The molecule has 3 fully saturated rings. The Hall–Kier alpha value is -0.530. The zero-order valence-corrected chi connectivity index (χ0v) is 11.1. The number of amides is 1. The molecule has 3 saturated carbocycles. The molecule has 1 amide bonds. The normalized spacial score (nSPS) is 43.8. The molecule has 2 nitrogen and oxygen atoms in total. The Labute approximate surface area is 105 Å². The van der Waals surface area contributed by atoms with Crippen molar-refractivity contribution in [1.82, 2.24) is 5.32 Å². The summed E-state index contributed by atoms with van der Waals surface area (Å²) < 4.78 is 0. The first-order chi connectivity index (χ1) is 8.13. The molecule has 0 radical (unpaired) electrons. The first-order valence-corrected chi connectivity index (χ1v) is 7.44. The average molecular weight is 235 g/mol. The lowest BCUT2D eigenvalue weighted by atomic mass is 9.54. The van der Waals surface area contributed by atoms with Gasteiger partial charge in [-0.05, 0) is 69.6 Å². The molecule has 0 aromatic carbocycles. The summed E-state index contributed by atoms with van der Waals surface area (Å²) in [6.07, 6.45) is 8.14. The van der Waals surface area contributed by atoms with E-state index in [4.69, 9.17) is 0 Å². The zero-order valence-electron chi connectivity index (χ0n) is 11.1. The Bertz CT molecular complexity index is 306. The first kappa shape index (κ1) is 11.6. The number of carbonyl (C=O) groups is 1. The summed E-state index contributed by atoms with van der Waals surface area (Å²) in [6.45, 7) is 4.14. The minimum Gasteiger partial charge on any atom is -0.354 e. The Morgan fingerprint density at radius 3 is 2.59 bits per heavy atom. The van der Waals surface area contributed by atoms with Crippen LogP contribution < -0.4 is 5.32 Å². The molecule has 5 atom stereocenters. The van der Waals surface area contributed by atoms with Gasteiger partial charge in [-0.3, -0.25) is 4.79 Å². The minimum absolute atomic E-state index is 0.292. The van der Waals surface area contributed by atoms with Gasteiger partial charge in [0.15, 0.2) is 0 Å². The van der Waals surface area contributed by atoms with E-state index in [2.05, 4.69) is 19.2 Å². The molecule has 0 aromatic heterocycles. The van der Waals surface area contributed by atoms with Crippen molar-refractivity contribution in [2.75, 3.05) is 0 Å². The second-order valence-electron chi connectivity index (χ2n) is 6.95. The summed E-state index contributed by atoms with van der Waals surface area (Å²) >= 11 is 0. The maximum atomic E-state index is 12.3. The van der Waals surface area contributed by atoms with E-state index in [1.165, 1.54) is 38.5 Å². The van der Waals surface area contributed by atoms with Crippen LogP contribution in [0.5, 0.6) is 0 Å². The van der Waals surface area contributed by atoms with Crippen molar-refractivity contribution < 1.29 is 4.79 Å². The molecule has 0 spiro atoms. The van der Waals surface area contributed by atoms with Crippen molar-refractivity contribution in [2.45, 2.75) is 58.4 Å². The number of carbonyl (C=O) groups excluding carboxylic acids is 1. The van der Waals surface area contributed by atoms with Gasteiger partial charge in [0.05, 0.1) is 0 Å². The molecule has 3 aliphatic carbocycles. The molecule has 3 rings (SSSR count). The highest BCUT2D eigenvalue weighted by Gasteiger charge is 2.47. The molecular formula is C15H25NO. The summed E-state index contributed by atoms with van der Waals surface area (Å²) in [6, 6.07) is 0.292. The molecule has 0 aliphatic heterocycles. The van der Waals surface area contributed by atoms with Gasteiger partial charge < -0.3 is 5.32 Å². The van der Waals surface area contributed by atoms with Crippen LogP contribution in [0, 0.1) is 29.6 Å². The number of hydrogen-bond acceptors (Lipinski definition) is 1. The molecule has 0 heterocycles. The maximum absolute atomic E-state index is 12.3. The molecule has 0 aromatic rings. The van der Waals surface area contributed by atoms with Crippen LogP contribution >= 0.6 is 0 Å². The average Bonchev–Trinajstić information content (AvgIpc) is 2.24. The molecule has 5 unspecified atom stereocenters. The van der Waals surface area contributed by atoms with Crippen molar-refractivity contribution in [2.24, 2.45) is 29.6 Å². The maximum Gasteiger partial charge on any atom is 0.223 e. The standard InChI is InChI=1S/C15H25NO/c1-9(2)16-15(17)14-8-11-5-10-3-4-13(14)12(6-10)7-11/h9-14H,3-8H2,1-2H3,(H,16,17). The molecule has 0 saturated heterocycles. The molecule has 3 aliphatic rings. The lowest BCUT2D eigenvalue weighted by Crippen LogP contribution is -2.48. The van der Waals surface area contributed by atoms with Gasteiger partial charge in [0.2, 0.25) is 5.91 Å². The summed E-state index contributed by atoms with van der Waals surface area (Å²) in [5.74, 6) is 4.13.